The van der Waals surface area contributed by atoms with Crippen LogP contribution in [0.1, 0.15) is 34.6 Å². The van der Waals surface area contributed by atoms with Crippen molar-refractivity contribution in [1.29, 1.82) is 0 Å². The van der Waals surface area contributed by atoms with Crippen molar-refractivity contribution in [2.75, 3.05) is 11.9 Å². The summed E-state index contributed by atoms with van der Waals surface area (Å²) in [6.07, 6.45) is 2.09. The summed E-state index contributed by atoms with van der Waals surface area (Å²) in [6.45, 7) is 2.49. The van der Waals surface area contributed by atoms with E-state index in [0.29, 0.717) is 18.1 Å². The van der Waals surface area contributed by atoms with Crippen LogP contribution >= 0.6 is 35.2 Å². The zero-order valence-corrected chi connectivity index (χ0v) is 18.7. The normalized spacial score (nSPS) is 18.3. The van der Waals surface area contributed by atoms with Gasteiger partial charge in [0.15, 0.2) is 5.11 Å². The second kappa shape index (κ2) is 9.12. The maximum atomic E-state index is 12.6. The van der Waals surface area contributed by atoms with E-state index in [1.807, 2.05) is 61.5 Å². The lowest BCUT2D eigenvalue weighted by molar-refractivity contribution is -0.116. The van der Waals surface area contributed by atoms with Crippen molar-refractivity contribution in [1.82, 2.24) is 15.2 Å². The minimum Gasteiger partial charge on any atom is -0.352 e. The standard InChI is InChI=1S/C22H21ClN4OS2/c1-14-5-4-6-15(13-14)25-19(28)10-12-27-21(17-8-9-18(23)30-17)20(26-22(27)29)16-7-2-3-11-24-16/h2-9,11,13,20-21H,10,12H2,1H3,(H,25,28)(H,26,29)/t20-,21-/m1/s1. The number of halogens is 1. The van der Waals surface area contributed by atoms with Crippen LogP contribution in [0.3, 0.4) is 0 Å². The number of hydrogen-bond donors (Lipinski definition) is 2. The number of rotatable bonds is 6. The fourth-order valence-corrected chi connectivity index (χ4v) is 5.15. The summed E-state index contributed by atoms with van der Waals surface area (Å²) in [4.78, 5) is 20.2. The third kappa shape index (κ3) is 4.64. The van der Waals surface area contributed by atoms with Gasteiger partial charge in [0, 0.05) is 29.7 Å². The van der Waals surface area contributed by atoms with Gasteiger partial charge in [-0.05, 0) is 61.1 Å². The van der Waals surface area contributed by atoms with Gasteiger partial charge in [0.1, 0.15) is 0 Å². The predicted molar refractivity (Wildman–Crippen MR) is 126 cm³/mol. The van der Waals surface area contributed by atoms with Crippen molar-refractivity contribution in [2.24, 2.45) is 0 Å². The highest BCUT2D eigenvalue weighted by Gasteiger charge is 2.40. The molecule has 1 aliphatic rings. The molecular weight excluding hydrogens is 436 g/mol. The molecule has 1 aliphatic heterocycles. The van der Waals surface area contributed by atoms with Crippen LogP contribution in [0.15, 0.2) is 60.8 Å². The number of aryl methyl sites for hydroxylation is 1. The molecule has 3 heterocycles. The highest BCUT2D eigenvalue weighted by molar-refractivity contribution is 7.80. The summed E-state index contributed by atoms with van der Waals surface area (Å²) in [7, 11) is 0. The Balaban J connectivity index is 1.51. The first-order chi connectivity index (χ1) is 14.5. The highest BCUT2D eigenvalue weighted by Crippen LogP contribution is 2.42. The van der Waals surface area contributed by atoms with Crippen LogP contribution in [0, 0.1) is 6.92 Å². The fourth-order valence-electron chi connectivity index (χ4n) is 3.61. The Kier molecular flexibility index (Phi) is 6.32. The van der Waals surface area contributed by atoms with Crippen molar-refractivity contribution in [3.8, 4) is 0 Å². The number of amides is 1. The largest absolute Gasteiger partial charge is 0.352 e. The van der Waals surface area contributed by atoms with E-state index < -0.39 is 0 Å². The van der Waals surface area contributed by atoms with E-state index in [4.69, 9.17) is 23.8 Å². The number of carbonyl (C=O) groups is 1. The first kappa shape index (κ1) is 20.8. The van der Waals surface area contributed by atoms with Gasteiger partial charge in [0.2, 0.25) is 5.91 Å². The SMILES string of the molecule is Cc1cccc(NC(=O)CCN2C(=S)N[C@H](c3ccccn3)[C@H]2c2ccc(Cl)s2)c1. The van der Waals surface area contributed by atoms with Crippen LogP contribution < -0.4 is 10.6 Å². The van der Waals surface area contributed by atoms with Crippen LogP contribution in [0.2, 0.25) is 4.34 Å². The average molecular weight is 457 g/mol. The fraction of sp³-hybridized carbons (Fsp3) is 0.227. The number of thiocarbonyl (C=S) groups is 1. The van der Waals surface area contributed by atoms with Gasteiger partial charge in [-0.2, -0.15) is 0 Å². The monoisotopic (exact) mass is 456 g/mol. The molecule has 1 aromatic carbocycles. The third-order valence-corrected chi connectivity index (χ3v) is 6.62. The van der Waals surface area contributed by atoms with E-state index in [-0.39, 0.29) is 18.0 Å². The van der Waals surface area contributed by atoms with Gasteiger partial charge in [-0.15, -0.1) is 11.3 Å². The molecule has 0 aliphatic carbocycles. The Morgan fingerprint density at radius 2 is 2.13 bits per heavy atom. The summed E-state index contributed by atoms with van der Waals surface area (Å²) >= 11 is 13.4. The Labute approximate surface area is 190 Å². The van der Waals surface area contributed by atoms with Crippen LogP contribution in [-0.4, -0.2) is 27.4 Å². The second-order valence-electron chi connectivity index (χ2n) is 7.13. The van der Waals surface area contributed by atoms with Crippen molar-refractivity contribution >= 4 is 51.9 Å². The molecule has 1 saturated heterocycles. The molecule has 5 nitrogen and oxygen atoms in total. The number of anilines is 1. The molecule has 4 rings (SSSR count). The molecule has 8 heteroatoms. The number of pyridine rings is 1. The minimum atomic E-state index is -0.103. The second-order valence-corrected chi connectivity index (χ2v) is 9.26. The van der Waals surface area contributed by atoms with E-state index in [9.17, 15) is 4.79 Å². The molecule has 0 spiro atoms. The van der Waals surface area contributed by atoms with Crippen molar-refractivity contribution < 1.29 is 4.79 Å². The Morgan fingerprint density at radius 1 is 1.27 bits per heavy atom. The van der Waals surface area contributed by atoms with E-state index in [0.717, 1.165) is 26.2 Å². The summed E-state index contributed by atoms with van der Waals surface area (Å²) in [5, 5.41) is 6.96. The maximum absolute atomic E-state index is 12.6. The van der Waals surface area contributed by atoms with Gasteiger partial charge in [-0.1, -0.05) is 29.8 Å². The van der Waals surface area contributed by atoms with Crippen LogP contribution in [0.5, 0.6) is 0 Å². The molecule has 3 aromatic rings. The number of nitrogens with one attached hydrogen (secondary N) is 2. The van der Waals surface area contributed by atoms with Crippen LogP contribution in [-0.2, 0) is 4.79 Å². The molecule has 2 aromatic heterocycles. The molecule has 0 radical (unpaired) electrons. The number of benzene rings is 1. The van der Waals surface area contributed by atoms with Gasteiger partial charge >= 0.3 is 0 Å². The molecule has 0 unspecified atom stereocenters. The predicted octanol–water partition coefficient (Wildman–Crippen LogP) is 5.11. The van der Waals surface area contributed by atoms with Gasteiger partial charge in [-0.25, -0.2) is 0 Å². The molecule has 2 N–H and O–H groups in total. The summed E-state index contributed by atoms with van der Waals surface area (Å²) < 4.78 is 0.722. The van der Waals surface area contributed by atoms with E-state index in [1.54, 1.807) is 6.20 Å². The summed E-state index contributed by atoms with van der Waals surface area (Å²) in [5.41, 5.74) is 2.81. The first-order valence-electron chi connectivity index (χ1n) is 9.61. The molecule has 1 fully saturated rings. The number of aromatic nitrogens is 1. The highest BCUT2D eigenvalue weighted by atomic mass is 35.5. The maximum Gasteiger partial charge on any atom is 0.226 e. The molecule has 1 amide bonds. The lowest BCUT2D eigenvalue weighted by Gasteiger charge is -2.26. The molecule has 0 bridgehead atoms. The number of hydrogen-bond acceptors (Lipinski definition) is 4. The lowest BCUT2D eigenvalue weighted by Crippen LogP contribution is -2.32. The molecule has 2 atom stereocenters. The molecular formula is C22H21ClN4OS2. The van der Waals surface area contributed by atoms with Crippen molar-refractivity contribution in [2.45, 2.75) is 25.4 Å². The number of thiophene rings is 1. The van der Waals surface area contributed by atoms with Crippen molar-refractivity contribution in [3.05, 3.63) is 81.3 Å². The summed E-state index contributed by atoms with van der Waals surface area (Å²) in [5.74, 6) is -0.0485. The van der Waals surface area contributed by atoms with Gasteiger partial charge in [-0.3, -0.25) is 9.78 Å². The Bertz CT molecular complexity index is 1060. The lowest BCUT2D eigenvalue weighted by atomic mass is 10.0. The summed E-state index contributed by atoms with van der Waals surface area (Å²) in [6, 6.07) is 17.3. The van der Waals surface area contributed by atoms with Crippen LogP contribution in [0.4, 0.5) is 5.69 Å². The van der Waals surface area contributed by atoms with Crippen LogP contribution in [0.25, 0.3) is 0 Å². The third-order valence-electron chi connectivity index (χ3n) is 4.96. The van der Waals surface area contributed by atoms with E-state index >= 15 is 0 Å². The minimum absolute atomic E-state index is 0.0485. The molecule has 154 valence electrons. The Hall–Kier alpha value is -2.48. The molecule has 30 heavy (non-hydrogen) atoms. The zero-order valence-electron chi connectivity index (χ0n) is 16.3. The van der Waals surface area contributed by atoms with Gasteiger partial charge in [0.25, 0.3) is 0 Å². The van der Waals surface area contributed by atoms with Gasteiger partial charge < -0.3 is 15.5 Å². The topological polar surface area (TPSA) is 57.3 Å². The van der Waals surface area contributed by atoms with E-state index in [1.165, 1.54) is 11.3 Å². The number of carbonyl (C=O) groups excluding carboxylic acids is 1. The zero-order chi connectivity index (χ0) is 21.1. The average Bonchev–Trinajstić information content (AvgIpc) is 3.30. The van der Waals surface area contributed by atoms with E-state index in [2.05, 4.69) is 20.5 Å². The number of nitrogens with zero attached hydrogens (tertiary/aromatic N) is 2. The van der Waals surface area contributed by atoms with Crippen molar-refractivity contribution in [3.63, 3.8) is 0 Å². The molecule has 0 saturated carbocycles. The quantitative estimate of drug-likeness (QED) is 0.505. The van der Waals surface area contributed by atoms with Gasteiger partial charge in [0.05, 0.1) is 22.1 Å². The first-order valence-corrected chi connectivity index (χ1v) is 11.2. The Morgan fingerprint density at radius 3 is 2.83 bits per heavy atom. The smallest absolute Gasteiger partial charge is 0.226 e.